The molecule has 0 atom stereocenters. The molecule has 1 saturated heterocycles. The topological polar surface area (TPSA) is 113 Å². The summed E-state index contributed by atoms with van der Waals surface area (Å²) in [6.45, 7) is 2.23. The Balaban J connectivity index is 1.48. The number of carbonyl (C=O) groups excluding carboxylic acids is 1. The summed E-state index contributed by atoms with van der Waals surface area (Å²) in [6, 6.07) is 17.0. The van der Waals surface area contributed by atoms with Crippen molar-refractivity contribution in [2.45, 2.75) is 0 Å². The van der Waals surface area contributed by atoms with Crippen molar-refractivity contribution in [2.75, 3.05) is 36.5 Å². The van der Waals surface area contributed by atoms with Gasteiger partial charge < -0.3 is 19.9 Å². The van der Waals surface area contributed by atoms with E-state index in [9.17, 15) is 14.9 Å². The van der Waals surface area contributed by atoms with Crippen molar-refractivity contribution < 1.29 is 14.5 Å². The minimum atomic E-state index is -0.512. The maximum absolute atomic E-state index is 13.3. The van der Waals surface area contributed by atoms with E-state index in [0.29, 0.717) is 54.1 Å². The van der Waals surface area contributed by atoms with E-state index < -0.39 is 10.8 Å². The van der Waals surface area contributed by atoms with Crippen LogP contribution in [0.3, 0.4) is 0 Å². The predicted molar refractivity (Wildman–Crippen MR) is 131 cm³/mol. The van der Waals surface area contributed by atoms with Crippen LogP contribution in [0.25, 0.3) is 22.4 Å². The first kappa shape index (κ1) is 21.9. The van der Waals surface area contributed by atoms with Crippen LogP contribution in [0.4, 0.5) is 17.1 Å². The van der Waals surface area contributed by atoms with Gasteiger partial charge in [-0.25, -0.2) is 4.98 Å². The molecule has 9 nitrogen and oxygen atoms in total. The van der Waals surface area contributed by atoms with E-state index >= 15 is 0 Å². The second kappa shape index (κ2) is 9.12. The number of carbonyl (C=O) groups is 1. The highest BCUT2D eigenvalue weighted by Gasteiger charge is 2.22. The van der Waals surface area contributed by atoms with Crippen molar-refractivity contribution in [3.8, 4) is 11.4 Å². The number of para-hydroxylation sites is 2. The minimum absolute atomic E-state index is 0.152. The average molecular weight is 478 g/mol. The number of imidazole rings is 1. The van der Waals surface area contributed by atoms with E-state index in [1.54, 1.807) is 24.3 Å². The Kier molecular flexibility index (Phi) is 5.87. The number of nitro groups is 1. The number of nitro benzene ring substituents is 1. The average Bonchev–Trinajstić information content (AvgIpc) is 3.29. The number of fused-ring (bicyclic) bond motifs is 1. The van der Waals surface area contributed by atoms with E-state index in [4.69, 9.17) is 16.3 Å². The summed E-state index contributed by atoms with van der Waals surface area (Å²) in [5, 5.41) is 14.7. The molecule has 1 amide bonds. The van der Waals surface area contributed by atoms with Crippen molar-refractivity contribution >= 4 is 45.6 Å². The molecule has 0 unspecified atom stereocenters. The van der Waals surface area contributed by atoms with Gasteiger partial charge in [0.15, 0.2) is 0 Å². The monoisotopic (exact) mass is 477 g/mol. The van der Waals surface area contributed by atoms with Crippen LogP contribution in [0.1, 0.15) is 10.4 Å². The fourth-order valence-corrected chi connectivity index (χ4v) is 4.17. The van der Waals surface area contributed by atoms with E-state index in [1.165, 1.54) is 12.1 Å². The van der Waals surface area contributed by atoms with Crippen LogP contribution in [0.15, 0.2) is 60.7 Å². The maximum Gasteiger partial charge on any atom is 0.270 e. The second-order valence-corrected chi connectivity index (χ2v) is 8.22. The molecule has 0 bridgehead atoms. The number of nitrogens with one attached hydrogen (secondary N) is 2. The number of rotatable bonds is 5. The summed E-state index contributed by atoms with van der Waals surface area (Å²) in [5.41, 5.74) is 3.48. The van der Waals surface area contributed by atoms with Gasteiger partial charge >= 0.3 is 0 Å². The molecule has 0 radical (unpaired) electrons. The number of nitrogens with zero attached hydrogens (tertiary/aromatic N) is 3. The molecule has 0 spiro atoms. The van der Waals surface area contributed by atoms with Gasteiger partial charge in [-0.05, 0) is 36.4 Å². The number of anilines is 2. The molecule has 5 rings (SSSR count). The van der Waals surface area contributed by atoms with Gasteiger partial charge in [-0.3, -0.25) is 14.9 Å². The van der Waals surface area contributed by atoms with Crippen LogP contribution in [-0.4, -0.2) is 47.1 Å². The lowest BCUT2D eigenvalue weighted by Crippen LogP contribution is -2.37. The zero-order valence-corrected chi connectivity index (χ0v) is 18.7. The highest BCUT2D eigenvalue weighted by Crippen LogP contribution is 2.32. The van der Waals surface area contributed by atoms with Crippen molar-refractivity contribution in [3.05, 3.63) is 81.4 Å². The van der Waals surface area contributed by atoms with Gasteiger partial charge in [0.2, 0.25) is 0 Å². The van der Waals surface area contributed by atoms with Gasteiger partial charge in [0.05, 0.1) is 45.4 Å². The standard InChI is InChI=1S/C24H20ClN5O4/c25-19-7-5-15(13-17(19)23-27-20-3-1-2-4-21(20)28-23)26-24(31)18-14-16(30(32)33)6-8-22(18)29-9-11-34-12-10-29/h1-8,13-14H,9-12H2,(H,26,31)(H,27,28). The smallest absolute Gasteiger partial charge is 0.270 e. The number of ether oxygens (including phenoxy) is 1. The normalized spacial score (nSPS) is 13.7. The third-order valence-electron chi connectivity index (χ3n) is 5.66. The SMILES string of the molecule is O=C(Nc1ccc(Cl)c(-c2nc3ccccc3[nH]2)c1)c1cc([N+](=O)[O-])ccc1N1CCOCC1. The number of non-ortho nitro benzene ring substituents is 1. The predicted octanol–water partition coefficient (Wildman–Crippen LogP) is 4.88. The van der Waals surface area contributed by atoms with Gasteiger partial charge in [-0.1, -0.05) is 23.7 Å². The molecule has 3 aromatic carbocycles. The van der Waals surface area contributed by atoms with Crippen LogP contribution in [0.5, 0.6) is 0 Å². The highest BCUT2D eigenvalue weighted by molar-refractivity contribution is 6.33. The Bertz CT molecular complexity index is 1360. The molecule has 2 N–H and O–H groups in total. The Morgan fingerprint density at radius 1 is 1.12 bits per heavy atom. The first-order chi connectivity index (χ1) is 16.5. The highest BCUT2D eigenvalue weighted by atomic mass is 35.5. The van der Waals surface area contributed by atoms with E-state index in [2.05, 4.69) is 15.3 Å². The first-order valence-electron chi connectivity index (χ1n) is 10.7. The fourth-order valence-electron chi connectivity index (χ4n) is 3.96. The van der Waals surface area contributed by atoms with Gasteiger partial charge in [0.1, 0.15) is 5.82 Å². The summed E-state index contributed by atoms with van der Waals surface area (Å²) in [4.78, 5) is 33.9. The molecule has 10 heteroatoms. The van der Waals surface area contributed by atoms with Gasteiger partial charge in [0, 0.05) is 36.5 Å². The third-order valence-corrected chi connectivity index (χ3v) is 5.99. The minimum Gasteiger partial charge on any atom is -0.378 e. The molecule has 172 valence electrons. The van der Waals surface area contributed by atoms with E-state index in [-0.39, 0.29) is 11.3 Å². The molecule has 2 heterocycles. The van der Waals surface area contributed by atoms with Crippen LogP contribution < -0.4 is 10.2 Å². The fraction of sp³-hybridized carbons (Fsp3) is 0.167. The maximum atomic E-state index is 13.3. The number of amides is 1. The summed E-state index contributed by atoms with van der Waals surface area (Å²) >= 11 is 6.43. The van der Waals surface area contributed by atoms with Crippen molar-refractivity contribution in [3.63, 3.8) is 0 Å². The quantitative estimate of drug-likeness (QED) is 0.313. The number of aromatic nitrogens is 2. The molecular formula is C24H20ClN5O4. The van der Waals surface area contributed by atoms with Crippen molar-refractivity contribution in [2.24, 2.45) is 0 Å². The lowest BCUT2D eigenvalue weighted by molar-refractivity contribution is -0.384. The zero-order valence-electron chi connectivity index (χ0n) is 18.0. The number of hydrogen-bond donors (Lipinski definition) is 2. The number of halogens is 1. The Morgan fingerprint density at radius 3 is 2.68 bits per heavy atom. The lowest BCUT2D eigenvalue weighted by Gasteiger charge is -2.30. The number of hydrogen-bond acceptors (Lipinski definition) is 6. The molecule has 1 aliphatic heterocycles. The summed E-state index contributed by atoms with van der Waals surface area (Å²) in [6.07, 6.45) is 0. The van der Waals surface area contributed by atoms with E-state index in [1.807, 2.05) is 29.2 Å². The molecule has 1 fully saturated rings. The number of H-pyrrole nitrogens is 1. The van der Waals surface area contributed by atoms with Crippen LogP contribution in [0.2, 0.25) is 5.02 Å². The zero-order chi connectivity index (χ0) is 23.7. The lowest BCUT2D eigenvalue weighted by atomic mass is 10.1. The van der Waals surface area contributed by atoms with Crippen LogP contribution >= 0.6 is 11.6 Å². The van der Waals surface area contributed by atoms with Gasteiger partial charge in [-0.15, -0.1) is 0 Å². The van der Waals surface area contributed by atoms with Crippen LogP contribution in [0, 0.1) is 10.1 Å². The molecule has 0 aliphatic carbocycles. The Labute approximate surface area is 199 Å². The number of aromatic amines is 1. The Morgan fingerprint density at radius 2 is 1.91 bits per heavy atom. The number of benzene rings is 3. The summed E-state index contributed by atoms with van der Waals surface area (Å²) in [7, 11) is 0. The molecule has 1 aromatic heterocycles. The molecule has 4 aromatic rings. The largest absolute Gasteiger partial charge is 0.378 e. The first-order valence-corrected chi connectivity index (χ1v) is 11.0. The van der Waals surface area contributed by atoms with Crippen LogP contribution in [-0.2, 0) is 4.74 Å². The summed E-state index contributed by atoms with van der Waals surface area (Å²) in [5.74, 6) is 0.120. The van der Waals surface area contributed by atoms with Gasteiger partial charge in [-0.2, -0.15) is 0 Å². The Hall–Kier alpha value is -3.95. The third kappa shape index (κ3) is 4.30. The molecule has 0 saturated carbocycles. The second-order valence-electron chi connectivity index (χ2n) is 7.81. The van der Waals surface area contributed by atoms with Gasteiger partial charge in [0.25, 0.3) is 11.6 Å². The van der Waals surface area contributed by atoms with E-state index in [0.717, 1.165) is 11.0 Å². The molecule has 1 aliphatic rings. The molecule has 34 heavy (non-hydrogen) atoms. The molecular weight excluding hydrogens is 458 g/mol. The number of morpholine rings is 1. The van der Waals surface area contributed by atoms with Crippen molar-refractivity contribution in [1.29, 1.82) is 0 Å². The summed E-state index contributed by atoms with van der Waals surface area (Å²) < 4.78 is 5.40. The van der Waals surface area contributed by atoms with Crippen molar-refractivity contribution in [1.82, 2.24) is 9.97 Å².